The van der Waals surface area contributed by atoms with Crippen LogP contribution >= 0.6 is 11.8 Å². The van der Waals surface area contributed by atoms with Crippen LogP contribution in [0.25, 0.3) is 10.9 Å². The second kappa shape index (κ2) is 10.6. The minimum absolute atomic E-state index is 0.106. The number of methoxy groups -OCH3 is 4. The maximum absolute atomic E-state index is 13.7. The van der Waals surface area contributed by atoms with Crippen molar-refractivity contribution in [1.82, 2.24) is 9.55 Å². The van der Waals surface area contributed by atoms with E-state index in [2.05, 4.69) is 0 Å². The van der Waals surface area contributed by atoms with Crippen LogP contribution in [0.2, 0.25) is 0 Å². The summed E-state index contributed by atoms with van der Waals surface area (Å²) in [5.41, 5.74) is 1.04. The molecule has 0 amide bonds. The van der Waals surface area contributed by atoms with Gasteiger partial charge in [-0.15, -0.1) is 0 Å². The lowest BCUT2D eigenvalue weighted by Gasteiger charge is -2.17. The smallest absolute Gasteiger partial charge is 0.373 e. The monoisotopic (exact) mass is 496 g/mol. The number of fused-ring (bicyclic) bond motifs is 1. The molecule has 0 saturated carbocycles. The Morgan fingerprint density at radius 1 is 1.00 bits per heavy atom. The molecule has 9 nitrogen and oxygen atoms in total. The average Bonchev–Trinajstić information content (AvgIpc) is 3.37. The maximum atomic E-state index is 13.7. The van der Waals surface area contributed by atoms with Gasteiger partial charge in [0.2, 0.25) is 11.5 Å². The molecule has 10 heteroatoms. The number of esters is 1. The minimum atomic E-state index is -0.558. The highest BCUT2D eigenvalue weighted by Crippen LogP contribution is 2.42. The Hall–Kier alpha value is -3.92. The summed E-state index contributed by atoms with van der Waals surface area (Å²) in [6.07, 6.45) is 0. The normalized spacial score (nSPS) is 10.9. The van der Waals surface area contributed by atoms with Crippen molar-refractivity contribution in [3.63, 3.8) is 0 Å². The molecule has 0 atom stereocenters. The Morgan fingerprint density at radius 3 is 2.40 bits per heavy atom. The molecule has 2 heterocycles. The van der Waals surface area contributed by atoms with E-state index in [0.29, 0.717) is 51.4 Å². The molecule has 2 aromatic carbocycles. The molecule has 0 N–H and O–H groups in total. The third-order valence-corrected chi connectivity index (χ3v) is 6.29. The molecule has 2 aromatic heterocycles. The van der Waals surface area contributed by atoms with E-state index >= 15 is 0 Å². The predicted molar refractivity (Wildman–Crippen MR) is 131 cm³/mol. The lowest BCUT2D eigenvalue weighted by atomic mass is 10.2. The Labute approximate surface area is 205 Å². The molecule has 0 bridgehead atoms. The summed E-state index contributed by atoms with van der Waals surface area (Å²) < 4.78 is 28.3. The van der Waals surface area contributed by atoms with Crippen LogP contribution in [0.3, 0.4) is 0 Å². The van der Waals surface area contributed by atoms with Gasteiger partial charge in [-0.1, -0.05) is 42.1 Å². The Morgan fingerprint density at radius 2 is 1.74 bits per heavy atom. The Kier molecular flexibility index (Phi) is 7.31. The standard InChI is InChI=1S/C25H24N2O7S/c1-30-19-12-17-20(22(32-3)21(19)31-2)26-25(27(23(17)28)13-15-8-6-5-7-9-15)35-14-16-10-11-18(34-16)24(29)33-4/h5-12H,13-14H2,1-4H3. The highest BCUT2D eigenvalue weighted by molar-refractivity contribution is 7.98. The number of aromatic nitrogens is 2. The van der Waals surface area contributed by atoms with Gasteiger partial charge in [-0.2, -0.15) is 0 Å². The molecule has 0 unspecified atom stereocenters. The van der Waals surface area contributed by atoms with Crippen LogP contribution in [0.15, 0.2) is 62.9 Å². The first kappa shape index (κ1) is 24.2. The average molecular weight is 497 g/mol. The Balaban J connectivity index is 1.84. The van der Waals surface area contributed by atoms with Crippen molar-refractivity contribution in [2.24, 2.45) is 0 Å². The molecule has 4 aromatic rings. The van der Waals surface area contributed by atoms with Gasteiger partial charge in [-0.3, -0.25) is 9.36 Å². The van der Waals surface area contributed by atoms with Gasteiger partial charge >= 0.3 is 5.97 Å². The number of hydrogen-bond acceptors (Lipinski definition) is 9. The zero-order chi connectivity index (χ0) is 24.9. The highest BCUT2D eigenvalue weighted by Gasteiger charge is 2.22. The summed E-state index contributed by atoms with van der Waals surface area (Å²) in [6.45, 7) is 0.313. The molecule has 0 aliphatic heterocycles. The van der Waals surface area contributed by atoms with Gasteiger partial charge < -0.3 is 23.4 Å². The van der Waals surface area contributed by atoms with Crippen LogP contribution in [0, 0.1) is 0 Å². The summed E-state index contributed by atoms with van der Waals surface area (Å²) in [5.74, 6) is 1.44. The summed E-state index contributed by atoms with van der Waals surface area (Å²) in [4.78, 5) is 30.2. The fourth-order valence-electron chi connectivity index (χ4n) is 3.62. The van der Waals surface area contributed by atoms with E-state index in [1.54, 1.807) is 22.8 Å². The zero-order valence-electron chi connectivity index (χ0n) is 19.7. The fourth-order valence-corrected chi connectivity index (χ4v) is 4.51. The number of hydrogen-bond donors (Lipinski definition) is 0. The van der Waals surface area contributed by atoms with Crippen LogP contribution in [0.5, 0.6) is 17.2 Å². The van der Waals surface area contributed by atoms with Crippen LogP contribution in [-0.2, 0) is 17.0 Å². The first-order valence-corrected chi connectivity index (χ1v) is 11.6. The SMILES string of the molecule is COC(=O)c1ccc(CSc2nc3c(OC)c(OC)c(OC)cc3c(=O)n2Cc2ccccc2)o1. The summed E-state index contributed by atoms with van der Waals surface area (Å²) in [7, 11) is 5.76. The molecule has 4 rings (SSSR count). The second-order valence-electron chi connectivity index (χ2n) is 7.36. The predicted octanol–water partition coefficient (Wildman–Crippen LogP) is 4.14. The number of ether oxygens (including phenoxy) is 4. The minimum Gasteiger partial charge on any atom is -0.493 e. The second-order valence-corrected chi connectivity index (χ2v) is 8.30. The van der Waals surface area contributed by atoms with Crippen molar-refractivity contribution >= 4 is 28.6 Å². The van der Waals surface area contributed by atoms with Crippen LogP contribution in [-0.4, -0.2) is 44.0 Å². The quantitative estimate of drug-likeness (QED) is 0.192. The topological polar surface area (TPSA) is 102 Å². The van der Waals surface area contributed by atoms with Crippen molar-refractivity contribution < 1.29 is 28.2 Å². The van der Waals surface area contributed by atoms with Gasteiger partial charge in [0.1, 0.15) is 11.3 Å². The largest absolute Gasteiger partial charge is 0.493 e. The van der Waals surface area contributed by atoms with E-state index in [-0.39, 0.29) is 11.3 Å². The van der Waals surface area contributed by atoms with Crippen molar-refractivity contribution in [3.8, 4) is 17.2 Å². The van der Waals surface area contributed by atoms with Gasteiger partial charge in [0, 0.05) is 0 Å². The molecule has 0 aliphatic carbocycles. The van der Waals surface area contributed by atoms with Crippen LogP contribution < -0.4 is 19.8 Å². The third-order valence-electron chi connectivity index (χ3n) is 5.29. The third kappa shape index (κ3) is 4.83. The van der Waals surface area contributed by atoms with E-state index in [9.17, 15) is 9.59 Å². The van der Waals surface area contributed by atoms with Gasteiger partial charge in [-0.05, 0) is 23.8 Å². The molecule has 0 spiro atoms. The van der Waals surface area contributed by atoms with Crippen molar-refractivity contribution in [1.29, 1.82) is 0 Å². The van der Waals surface area contributed by atoms with E-state index in [0.717, 1.165) is 5.56 Å². The number of rotatable bonds is 9. The molecule has 0 radical (unpaired) electrons. The fraction of sp³-hybridized carbons (Fsp3) is 0.240. The number of thioether (sulfide) groups is 1. The number of benzene rings is 2. The maximum Gasteiger partial charge on any atom is 0.373 e. The van der Waals surface area contributed by atoms with Crippen molar-refractivity contribution in [2.75, 3.05) is 28.4 Å². The molecule has 0 aliphatic rings. The lowest BCUT2D eigenvalue weighted by molar-refractivity contribution is 0.0563. The summed E-state index contributed by atoms with van der Waals surface area (Å²) >= 11 is 1.30. The highest BCUT2D eigenvalue weighted by atomic mass is 32.2. The van der Waals surface area contributed by atoms with E-state index in [1.807, 2.05) is 30.3 Å². The Bertz CT molecular complexity index is 1410. The first-order chi connectivity index (χ1) is 17.0. The van der Waals surface area contributed by atoms with Gasteiger partial charge in [-0.25, -0.2) is 9.78 Å². The zero-order valence-corrected chi connectivity index (χ0v) is 20.5. The van der Waals surface area contributed by atoms with Crippen LogP contribution in [0.4, 0.5) is 0 Å². The van der Waals surface area contributed by atoms with Crippen LogP contribution in [0.1, 0.15) is 21.9 Å². The van der Waals surface area contributed by atoms with Gasteiger partial charge in [0.05, 0.1) is 46.1 Å². The molecule has 182 valence electrons. The summed E-state index contributed by atoms with van der Waals surface area (Å²) in [5, 5.41) is 0.790. The van der Waals surface area contributed by atoms with E-state index in [4.69, 9.17) is 28.3 Å². The van der Waals surface area contributed by atoms with Gasteiger partial charge in [0.25, 0.3) is 5.56 Å². The number of carbonyl (C=O) groups excluding carboxylic acids is 1. The number of furan rings is 1. The van der Waals surface area contributed by atoms with E-state index < -0.39 is 5.97 Å². The first-order valence-electron chi connectivity index (χ1n) is 10.6. The lowest BCUT2D eigenvalue weighted by Crippen LogP contribution is -2.24. The number of nitrogens with zero attached hydrogens (tertiary/aromatic N) is 2. The summed E-state index contributed by atoms with van der Waals surface area (Å²) in [6, 6.07) is 14.5. The molecular weight excluding hydrogens is 472 g/mol. The molecule has 0 fully saturated rings. The molecule has 35 heavy (non-hydrogen) atoms. The van der Waals surface area contributed by atoms with Gasteiger partial charge in [0.15, 0.2) is 16.7 Å². The van der Waals surface area contributed by atoms with Crippen molar-refractivity contribution in [3.05, 3.63) is 76.0 Å². The van der Waals surface area contributed by atoms with Crippen molar-refractivity contribution in [2.45, 2.75) is 17.5 Å². The van der Waals surface area contributed by atoms with E-state index in [1.165, 1.54) is 40.2 Å². The molecule has 0 saturated heterocycles. The molecular formula is C25H24N2O7S. The number of carbonyl (C=O) groups is 1.